The van der Waals surface area contributed by atoms with Crippen molar-refractivity contribution in [3.63, 3.8) is 0 Å². The van der Waals surface area contributed by atoms with Gasteiger partial charge in [0.05, 0.1) is 25.3 Å². The van der Waals surface area contributed by atoms with Crippen LogP contribution < -0.4 is 10.2 Å². The highest BCUT2D eigenvalue weighted by Gasteiger charge is 2.25. The van der Waals surface area contributed by atoms with E-state index in [0.717, 1.165) is 19.3 Å². The van der Waals surface area contributed by atoms with Crippen LogP contribution in [0.25, 0.3) is 10.9 Å². The van der Waals surface area contributed by atoms with E-state index in [4.69, 9.17) is 14.2 Å². The Kier molecular flexibility index (Phi) is 8.29. The number of aromatic carboxylic acids is 1. The quantitative estimate of drug-likeness (QED) is 0.409. The molecule has 2 atom stereocenters. The zero-order chi connectivity index (χ0) is 26.7. The largest absolute Gasteiger partial charge is 0.496 e. The number of pyridine rings is 1. The molecule has 1 N–H and O–H groups in total. The molecule has 0 aliphatic carbocycles. The number of rotatable bonds is 9. The number of ether oxygens (including phenoxy) is 3. The molecule has 0 bridgehead atoms. The summed E-state index contributed by atoms with van der Waals surface area (Å²) in [5, 5.41) is 10.1. The van der Waals surface area contributed by atoms with Gasteiger partial charge in [-0.25, -0.2) is 9.18 Å². The van der Waals surface area contributed by atoms with Crippen LogP contribution >= 0.6 is 0 Å². The topological polar surface area (TPSA) is 87.0 Å². The molecule has 1 saturated heterocycles. The highest BCUT2D eigenvalue weighted by atomic mass is 19.1. The highest BCUT2D eigenvalue weighted by Crippen LogP contribution is 2.31. The van der Waals surface area contributed by atoms with Crippen LogP contribution in [0.15, 0.2) is 41.3 Å². The van der Waals surface area contributed by atoms with Crippen molar-refractivity contribution in [2.45, 2.75) is 58.8 Å². The summed E-state index contributed by atoms with van der Waals surface area (Å²) in [4.78, 5) is 25.3. The van der Waals surface area contributed by atoms with Crippen LogP contribution in [0.5, 0.6) is 5.75 Å². The molecule has 2 heterocycles. The number of carboxylic acid groups (broad SMARTS) is 1. The number of fused-ring (bicyclic) bond motifs is 1. The van der Waals surface area contributed by atoms with E-state index in [1.807, 2.05) is 13.8 Å². The van der Waals surface area contributed by atoms with E-state index in [-0.39, 0.29) is 48.0 Å². The summed E-state index contributed by atoms with van der Waals surface area (Å²) in [6.45, 7) is 6.68. The first-order chi connectivity index (χ1) is 17.7. The van der Waals surface area contributed by atoms with Crippen molar-refractivity contribution in [2.24, 2.45) is 5.92 Å². The number of benzene rings is 2. The van der Waals surface area contributed by atoms with Crippen molar-refractivity contribution in [1.82, 2.24) is 4.57 Å². The van der Waals surface area contributed by atoms with Gasteiger partial charge in [0.15, 0.2) is 6.29 Å². The van der Waals surface area contributed by atoms with Gasteiger partial charge in [-0.1, -0.05) is 32.0 Å². The fourth-order valence-corrected chi connectivity index (χ4v) is 4.87. The normalized spacial score (nSPS) is 16.8. The molecule has 0 amide bonds. The molecular weight excluding hydrogens is 477 g/mol. The molecule has 7 nitrogen and oxygen atoms in total. The molecule has 0 spiro atoms. The van der Waals surface area contributed by atoms with E-state index in [1.165, 1.54) is 13.3 Å². The summed E-state index contributed by atoms with van der Waals surface area (Å²) in [5.41, 5.74) is 1.20. The Morgan fingerprint density at radius 1 is 1.24 bits per heavy atom. The lowest BCUT2D eigenvalue weighted by molar-refractivity contribution is -0.169. The molecule has 4 rings (SSSR count). The van der Waals surface area contributed by atoms with Gasteiger partial charge in [-0.2, -0.15) is 0 Å². The third-order valence-corrected chi connectivity index (χ3v) is 7.04. The summed E-state index contributed by atoms with van der Waals surface area (Å²) >= 11 is 0. The molecule has 1 aliphatic rings. The predicted molar refractivity (Wildman–Crippen MR) is 139 cm³/mol. The van der Waals surface area contributed by atoms with Crippen molar-refractivity contribution >= 4 is 16.9 Å². The number of hydrogen-bond acceptors (Lipinski definition) is 5. The molecule has 198 valence electrons. The summed E-state index contributed by atoms with van der Waals surface area (Å²) in [5.74, 6) is -1.07. The number of carbonyl (C=O) groups is 1. The zero-order valence-electron chi connectivity index (χ0n) is 21.8. The number of carboxylic acids is 1. The lowest BCUT2D eigenvalue weighted by Crippen LogP contribution is -2.30. The lowest BCUT2D eigenvalue weighted by Gasteiger charge is -2.30. The van der Waals surface area contributed by atoms with Gasteiger partial charge in [-0.05, 0) is 54.9 Å². The van der Waals surface area contributed by atoms with Crippen LogP contribution in [0, 0.1) is 18.7 Å². The second-order valence-corrected chi connectivity index (χ2v) is 9.93. The molecule has 1 aromatic heterocycles. The maximum atomic E-state index is 14.8. The minimum atomic E-state index is -1.30. The summed E-state index contributed by atoms with van der Waals surface area (Å²) in [6, 6.07) is 8.26. The molecule has 0 radical (unpaired) electrons. The number of aromatic nitrogens is 1. The molecule has 37 heavy (non-hydrogen) atoms. The molecule has 2 aromatic carbocycles. The number of nitrogens with zero attached hydrogens (tertiary/aromatic N) is 1. The summed E-state index contributed by atoms with van der Waals surface area (Å²) in [6.07, 6.45) is 4.13. The monoisotopic (exact) mass is 511 g/mol. The van der Waals surface area contributed by atoms with Gasteiger partial charge in [0, 0.05) is 30.7 Å². The minimum absolute atomic E-state index is 0.0583. The highest BCUT2D eigenvalue weighted by molar-refractivity contribution is 5.93. The van der Waals surface area contributed by atoms with Gasteiger partial charge in [-0.15, -0.1) is 0 Å². The van der Waals surface area contributed by atoms with Gasteiger partial charge < -0.3 is 23.9 Å². The van der Waals surface area contributed by atoms with Crippen molar-refractivity contribution in [3.8, 4) is 5.75 Å². The van der Waals surface area contributed by atoms with Crippen LogP contribution in [0.4, 0.5) is 4.39 Å². The Labute approximate surface area is 215 Å². The Hall–Kier alpha value is -3.23. The molecule has 8 heteroatoms. The minimum Gasteiger partial charge on any atom is -0.496 e. The Balaban J connectivity index is 1.84. The molecule has 1 unspecified atom stereocenters. The second kappa shape index (κ2) is 11.4. The van der Waals surface area contributed by atoms with Gasteiger partial charge in [0.2, 0.25) is 5.43 Å². The average molecular weight is 512 g/mol. The van der Waals surface area contributed by atoms with E-state index >= 15 is 0 Å². The molecular formula is C29H34FNO6. The maximum absolute atomic E-state index is 14.8. The number of methoxy groups -OCH3 is 1. The Morgan fingerprint density at radius 3 is 2.68 bits per heavy atom. The Bertz CT molecular complexity index is 1340. The first-order valence-corrected chi connectivity index (χ1v) is 12.7. The lowest BCUT2D eigenvalue weighted by atomic mass is 9.97. The van der Waals surface area contributed by atoms with Crippen LogP contribution in [-0.2, 0) is 15.9 Å². The average Bonchev–Trinajstić information content (AvgIpc) is 2.88. The molecule has 0 saturated carbocycles. The Morgan fingerprint density at radius 2 is 2.03 bits per heavy atom. The third-order valence-electron chi connectivity index (χ3n) is 7.04. The van der Waals surface area contributed by atoms with Crippen molar-refractivity contribution in [2.75, 3.05) is 20.3 Å². The molecule has 1 aliphatic heterocycles. The fourth-order valence-electron chi connectivity index (χ4n) is 4.87. The van der Waals surface area contributed by atoms with Crippen molar-refractivity contribution in [1.29, 1.82) is 0 Å². The van der Waals surface area contributed by atoms with Gasteiger partial charge >= 0.3 is 5.97 Å². The van der Waals surface area contributed by atoms with Crippen LogP contribution in [-0.4, -0.2) is 42.3 Å². The van der Waals surface area contributed by atoms with Crippen LogP contribution in [0.1, 0.15) is 66.2 Å². The number of halogens is 1. The van der Waals surface area contributed by atoms with Gasteiger partial charge in [0.1, 0.15) is 17.1 Å². The first-order valence-electron chi connectivity index (χ1n) is 12.7. The maximum Gasteiger partial charge on any atom is 0.341 e. The zero-order valence-corrected chi connectivity index (χ0v) is 21.8. The number of hydrogen-bond donors (Lipinski definition) is 1. The van der Waals surface area contributed by atoms with E-state index in [0.29, 0.717) is 34.6 Å². The van der Waals surface area contributed by atoms with Gasteiger partial charge in [-0.3, -0.25) is 4.79 Å². The fraction of sp³-hybridized carbons (Fsp3) is 0.448. The van der Waals surface area contributed by atoms with E-state index in [1.54, 1.807) is 41.8 Å². The van der Waals surface area contributed by atoms with Crippen LogP contribution in [0.3, 0.4) is 0 Å². The van der Waals surface area contributed by atoms with Crippen molar-refractivity contribution < 1.29 is 28.5 Å². The van der Waals surface area contributed by atoms with Crippen LogP contribution in [0.2, 0.25) is 0 Å². The van der Waals surface area contributed by atoms with Crippen molar-refractivity contribution in [3.05, 3.63) is 74.8 Å². The van der Waals surface area contributed by atoms with E-state index in [9.17, 15) is 19.1 Å². The number of aryl methyl sites for hydroxylation is 1. The molecule has 3 aromatic rings. The predicted octanol–water partition coefficient (Wildman–Crippen LogP) is 5.49. The first kappa shape index (κ1) is 26.8. The summed E-state index contributed by atoms with van der Waals surface area (Å²) < 4.78 is 34.0. The van der Waals surface area contributed by atoms with Gasteiger partial charge in [0.25, 0.3) is 0 Å². The molecule has 1 fully saturated rings. The van der Waals surface area contributed by atoms with E-state index in [2.05, 4.69) is 0 Å². The second-order valence-electron chi connectivity index (χ2n) is 9.93. The van der Waals surface area contributed by atoms with E-state index < -0.39 is 11.4 Å². The standard InChI is InChI=1S/C29H34FNO6/c1-17(2)24(16-37-26-10-5-6-11-36-26)31-15-22(29(33)34)28(32)21-13-20(25(35-4)14-23(21)31)12-19-9-7-8-18(3)27(19)30/h7-9,13-15,17,24,26H,5-6,10-12,16H2,1-4H3,(H,33,34)/t24-,26?/m1/s1. The smallest absolute Gasteiger partial charge is 0.341 e. The third kappa shape index (κ3) is 5.70. The summed E-state index contributed by atoms with van der Waals surface area (Å²) in [7, 11) is 1.52. The SMILES string of the molecule is COc1cc2c(cc1Cc1cccc(C)c1F)c(=O)c(C(=O)O)cn2[C@H](COC1CCCCO1)C(C)C.